The van der Waals surface area contributed by atoms with Crippen molar-refractivity contribution in [3.63, 3.8) is 0 Å². The van der Waals surface area contributed by atoms with E-state index in [-0.39, 0.29) is 0 Å². The lowest BCUT2D eigenvalue weighted by atomic mass is 10.1. The summed E-state index contributed by atoms with van der Waals surface area (Å²) in [6.07, 6.45) is -0.391. The molecule has 1 N–H and O–H groups in total. The van der Waals surface area contributed by atoms with Gasteiger partial charge in [0.15, 0.2) is 0 Å². The number of anilines is 1. The highest BCUT2D eigenvalue weighted by Crippen LogP contribution is 2.22. The van der Waals surface area contributed by atoms with Gasteiger partial charge >= 0.3 is 5.97 Å². The predicted molar refractivity (Wildman–Crippen MR) is 70.4 cm³/mol. The molecule has 5 nitrogen and oxygen atoms in total. The maximum absolute atomic E-state index is 11.9. The van der Waals surface area contributed by atoms with Crippen molar-refractivity contribution in [3.05, 3.63) is 29.3 Å². The number of rotatable bonds is 5. The minimum atomic E-state index is -3.59. The summed E-state index contributed by atoms with van der Waals surface area (Å²) in [6.45, 7) is 3.75. The summed E-state index contributed by atoms with van der Waals surface area (Å²) >= 11 is 0. The lowest BCUT2D eigenvalue weighted by molar-refractivity contribution is -0.136. The molecule has 1 aromatic carbocycles. The van der Waals surface area contributed by atoms with Crippen LogP contribution in [0.5, 0.6) is 0 Å². The third kappa shape index (κ3) is 3.46. The fourth-order valence-corrected chi connectivity index (χ4v) is 2.87. The second-order valence-electron chi connectivity index (χ2n) is 4.22. The second-order valence-corrected chi connectivity index (χ2v) is 6.34. The van der Waals surface area contributed by atoms with Crippen molar-refractivity contribution in [2.75, 3.05) is 17.1 Å². The van der Waals surface area contributed by atoms with E-state index in [0.717, 1.165) is 15.4 Å². The zero-order chi connectivity index (χ0) is 13.9. The van der Waals surface area contributed by atoms with E-state index in [0.29, 0.717) is 5.69 Å². The molecule has 0 aliphatic carbocycles. The van der Waals surface area contributed by atoms with Crippen LogP contribution >= 0.6 is 0 Å². The zero-order valence-corrected chi connectivity index (χ0v) is 11.5. The highest BCUT2D eigenvalue weighted by Gasteiger charge is 2.20. The number of hydrogen-bond donors (Lipinski definition) is 1. The average Bonchev–Trinajstić information content (AvgIpc) is 2.26. The molecule has 0 amide bonds. The number of sulfonamides is 1. The summed E-state index contributed by atoms with van der Waals surface area (Å²) in [6, 6.07) is 5.44. The molecule has 0 aliphatic rings. The van der Waals surface area contributed by atoms with Gasteiger partial charge in [0.05, 0.1) is 17.9 Å². The summed E-state index contributed by atoms with van der Waals surface area (Å²) in [5, 5.41) is 8.54. The van der Waals surface area contributed by atoms with Crippen molar-refractivity contribution in [2.45, 2.75) is 20.3 Å². The first-order valence-corrected chi connectivity index (χ1v) is 7.10. The molecule has 0 heterocycles. The molecule has 0 spiro atoms. The monoisotopic (exact) mass is 271 g/mol. The molecule has 0 fully saturated rings. The van der Waals surface area contributed by atoms with E-state index in [1.165, 1.54) is 7.05 Å². The van der Waals surface area contributed by atoms with Gasteiger partial charge < -0.3 is 5.11 Å². The Morgan fingerprint density at radius 2 is 1.94 bits per heavy atom. The maximum Gasteiger partial charge on any atom is 0.304 e. The first kappa shape index (κ1) is 14.5. The zero-order valence-electron chi connectivity index (χ0n) is 10.7. The van der Waals surface area contributed by atoms with E-state index in [4.69, 9.17) is 5.11 Å². The largest absolute Gasteiger partial charge is 0.481 e. The molecular weight excluding hydrogens is 254 g/mol. The molecule has 0 bridgehead atoms. The number of benzene rings is 1. The Hall–Kier alpha value is -1.56. The first-order chi connectivity index (χ1) is 8.24. The number of aliphatic carboxylic acids is 1. The third-order valence-corrected chi connectivity index (χ3v) is 4.43. The van der Waals surface area contributed by atoms with Crippen LogP contribution in [-0.4, -0.2) is 32.3 Å². The number of hydrogen-bond acceptors (Lipinski definition) is 3. The molecule has 1 rings (SSSR count). The molecule has 1 aromatic rings. The second kappa shape index (κ2) is 5.39. The van der Waals surface area contributed by atoms with E-state index in [1.807, 2.05) is 26.0 Å². The molecule has 0 aliphatic heterocycles. The molecule has 18 heavy (non-hydrogen) atoms. The van der Waals surface area contributed by atoms with Crippen molar-refractivity contribution in [2.24, 2.45) is 0 Å². The van der Waals surface area contributed by atoms with Gasteiger partial charge in [0.2, 0.25) is 10.0 Å². The van der Waals surface area contributed by atoms with Crippen LogP contribution in [0.15, 0.2) is 18.2 Å². The van der Waals surface area contributed by atoms with Gasteiger partial charge in [0, 0.05) is 7.05 Å². The molecule has 0 radical (unpaired) electrons. The van der Waals surface area contributed by atoms with Crippen LogP contribution in [0, 0.1) is 13.8 Å². The highest BCUT2D eigenvalue weighted by molar-refractivity contribution is 7.92. The van der Waals surface area contributed by atoms with Crippen molar-refractivity contribution in [1.29, 1.82) is 0 Å². The molecule has 100 valence electrons. The van der Waals surface area contributed by atoms with Crippen LogP contribution in [0.3, 0.4) is 0 Å². The van der Waals surface area contributed by atoms with Gasteiger partial charge in [-0.3, -0.25) is 9.10 Å². The predicted octanol–water partition coefficient (Wildman–Crippen LogP) is 1.54. The third-order valence-electron chi connectivity index (χ3n) is 2.68. The Bertz CT molecular complexity index is 551. The van der Waals surface area contributed by atoms with Crippen LogP contribution < -0.4 is 4.31 Å². The van der Waals surface area contributed by atoms with Crippen molar-refractivity contribution >= 4 is 21.7 Å². The van der Waals surface area contributed by atoms with Gasteiger partial charge in [-0.2, -0.15) is 0 Å². The van der Waals surface area contributed by atoms with Crippen LogP contribution in [0.1, 0.15) is 17.5 Å². The van der Waals surface area contributed by atoms with E-state index < -0.39 is 28.2 Å². The molecular formula is C12H17NO4S. The van der Waals surface area contributed by atoms with E-state index >= 15 is 0 Å². The summed E-state index contributed by atoms with van der Waals surface area (Å²) in [4.78, 5) is 10.4. The van der Waals surface area contributed by atoms with Crippen molar-refractivity contribution < 1.29 is 18.3 Å². The summed E-state index contributed by atoms with van der Waals surface area (Å²) in [7, 11) is -2.15. The lowest BCUT2D eigenvalue weighted by Gasteiger charge is -2.21. The van der Waals surface area contributed by atoms with Gasteiger partial charge in [-0.1, -0.05) is 17.7 Å². The molecule has 0 unspecified atom stereocenters. The number of carbonyl (C=O) groups is 1. The fraction of sp³-hybridized carbons (Fsp3) is 0.417. The number of carboxylic acids is 1. The van der Waals surface area contributed by atoms with E-state index in [1.54, 1.807) is 6.07 Å². The topological polar surface area (TPSA) is 74.7 Å². The van der Waals surface area contributed by atoms with Gasteiger partial charge in [-0.05, 0) is 25.5 Å². The summed E-state index contributed by atoms with van der Waals surface area (Å²) < 4.78 is 25.0. The van der Waals surface area contributed by atoms with Crippen LogP contribution in [0.2, 0.25) is 0 Å². The van der Waals surface area contributed by atoms with Gasteiger partial charge in [0.1, 0.15) is 0 Å². The summed E-state index contributed by atoms with van der Waals surface area (Å²) in [5.74, 6) is -1.51. The number of aryl methyl sites for hydroxylation is 2. The highest BCUT2D eigenvalue weighted by atomic mass is 32.2. The smallest absolute Gasteiger partial charge is 0.304 e. The van der Waals surface area contributed by atoms with Gasteiger partial charge in [-0.15, -0.1) is 0 Å². The van der Waals surface area contributed by atoms with E-state index in [2.05, 4.69) is 0 Å². The first-order valence-electron chi connectivity index (χ1n) is 5.49. The van der Waals surface area contributed by atoms with Crippen LogP contribution in [0.4, 0.5) is 5.69 Å². The Morgan fingerprint density at radius 3 is 2.44 bits per heavy atom. The minimum Gasteiger partial charge on any atom is -0.481 e. The standard InChI is InChI=1S/C12H17NO4S/c1-9-4-5-11(10(2)8-9)13(3)18(16,17)7-6-12(14)15/h4-5,8H,6-7H2,1-3H3,(H,14,15). The molecule has 0 aromatic heterocycles. The Morgan fingerprint density at radius 1 is 1.33 bits per heavy atom. The lowest BCUT2D eigenvalue weighted by Crippen LogP contribution is -2.30. The molecule has 0 saturated carbocycles. The van der Waals surface area contributed by atoms with Gasteiger partial charge in [-0.25, -0.2) is 8.42 Å². The van der Waals surface area contributed by atoms with E-state index in [9.17, 15) is 13.2 Å². The quantitative estimate of drug-likeness (QED) is 0.881. The van der Waals surface area contributed by atoms with Crippen molar-refractivity contribution in [3.8, 4) is 0 Å². The number of nitrogens with zero attached hydrogens (tertiary/aromatic N) is 1. The molecule has 6 heteroatoms. The fourth-order valence-electron chi connectivity index (χ4n) is 1.66. The maximum atomic E-state index is 11.9. The Kier molecular flexibility index (Phi) is 4.34. The SMILES string of the molecule is Cc1ccc(N(C)S(=O)(=O)CCC(=O)O)c(C)c1. The average molecular weight is 271 g/mol. The molecule has 0 saturated heterocycles. The minimum absolute atomic E-state index is 0.391. The Labute approximate surface area is 107 Å². The molecule has 0 atom stereocenters. The van der Waals surface area contributed by atoms with Crippen molar-refractivity contribution in [1.82, 2.24) is 0 Å². The van der Waals surface area contributed by atoms with Crippen LogP contribution in [0.25, 0.3) is 0 Å². The number of carboxylic acid groups (broad SMARTS) is 1. The van der Waals surface area contributed by atoms with Gasteiger partial charge in [0.25, 0.3) is 0 Å². The summed E-state index contributed by atoms with van der Waals surface area (Å²) in [5.41, 5.74) is 2.47. The normalized spacial score (nSPS) is 11.3. The Balaban J connectivity index is 2.98. The van der Waals surface area contributed by atoms with Crippen LogP contribution in [-0.2, 0) is 14.8 Å².